The van der Waals surface area contributed by atoms with E-state index in [2.05, 4.69) is 12.0 Å². The number of hydrogen-bond donors (Lipinski definition) is 1. The molecule has 1 aliphatic rings. The molecule has 1 saturated heterocycles. The Morgan fingerprint density at radius 1 is 1.47 bits per heavy atom. The molecule has 19 heavy (non-hydrogen) atoms. The van der Waals surface area contributed by atoms with Crippen molar-refractivity contribution in [2.45, 2.75) is 45.2 Å². The lowest BCUT2D eigenvalue weighted by Crippen LogP contribution is -2.45. The van der Waals surface area contributed by atoms with Gasteiger partial charge in [0.2, 0.25) is 5.91 Å². The van der Waals surface area contributed by atoms with E-state index in [1.54, 1.807) is 6.92 Å². The van der Waals surface area contributed by atoms with Gasteiger partial charge in [-0.3, -0.25) is 9.48 Å². The first kappa shape index (κ1) is 13.6. The van der Waals surface area contributed by atoms with Crippen LogP contribution in [0.3, 0.4) is 0 Å². The first-order valence-corrected chi connectivity index (χ1v) is 6.58. The Bertz CT molecular complexity index is 483. The Morgan fingerprint density at radius 3 is 2.79 bits per heavy atom. The number of carbonyl (C=O) groups excluding carboxylic acids is 1. The molecule has 0 aromatic carbocycles. The van der Waals surface area contributed by atoms with E-state index in [4.69, 9.17) is 5.11 Å². The lowest BCUT2D eigenvalue weighted by Gasteiger charge is -2.35. The van der Waals surface area contributed by atoms with E-state index in [1.165, 1.54) is 17.1 Å². The van der Waals surface area contributed by atoms with Crippen LogP contribution in [0.15, 0.2) is 12.4 Å². The van der Waals surface area contributed by atoms with E-state index >= 15 is 0 Å². The topological polar surface area (TPSA) is 75.4 Å². The molecule has 104 valence electrons. The molecule has 2 atom stereocenters. The highest BCUT2D eigenvalue weighted by molar-refractivity contribution is 5.87. The van der Waals surface area contributed by atoms with Gasteiger partial charge in [0.15, 0.2) is 0 Å². The van der Waals surface area contributed by atoms with Crippen LogP contribution in [0, 0.1) is 0 Å². The molecule has 0 radical (unpaired) electrons. The summed E-state index contributed by atoms with van der Waals surface area (Å²) >= 11 is 0. The summed E-state index contributed by atoms with van der Waals surface area (Å²) in [7, 11) is 0. The molecule has 6 heteroatoms. The van der Waals surface area contributed by atoms with E-state index in [-0.39, 0.29) is 17.5 Å². The molecule has 1 fully saturated rings. The number of piperidine rings is 1. The number of amides is 1. The first-order valence-electron chi connectivity index (χ1n) is 6.58. The van der Waals surface area contributed by atoms with Gasteiger partial charge in [0.1, 0.15) is 6.04 Å². The van der Waals surface area contributed by atoms with Gasteiger partial charge in [-0.25, -0.2) is 4.79 Å². The standard InChI is InChI=1S/C13H19N3O3/c1-9-5-3-4-6-15(9)12(17)10(2)16-8-11(7-14-16)13(18)19/h7-10H,3-6H2,1-2H3,(H,18,19). The highest BCUT2D eigenvalue weighted by atomic mass is 16.4. The third kappa shape index (κ3) is 2.77. The number of carboxylic acids is 1. The van der Waals surface area contributed by atoms with Crippen LogP contribution in [0.2, 0.25) is 0 Å². The molecule has 0 bridgehead atoms. The van der Waals surface area contributed by atoms with Crippen LogP contribution in [0.25, 0.3) is 0 Å². The Morgan fingerprint density at radius 2 is 2.21 bits per heavy atom. The second-order valence-corrected chi connectivity index (χ2v) is 5.07. The van der Waals surface area contributed by atoms with Crippen molar-refractivity contribution >= 4 is 11.9 Å². The van der Waals surface area contributed by atoms with E-state index in [1.807, 2.05) is 4.90 Å². The van der Waals surface area contributed by atoms with Crippen molar-refractivity contribution in [3.05, 3.63) is 18.0 Å². The molecular formula is C13H19N3O3. The van der Waals surface area contributed by atoms with Crippen molar-refractivity contribution in [2.24, 2.45) is 0 Å². The molecule has 6 nitrogen and oxygen atoms in total. The number of aromatic carboxylic acids is 1. The monoisotopic (exact) mass is 265 g/mol. The van der Waals surface area contributed by atoms with Gasteiger partial charge in [-0.15, -0.1) is 0 Å². The zero-order valence-corrected chi connectivity index (χ0v) is 11.2. The first-order chi connectivity index (χ1) is 9.00. The van der Waals surface area contributed by atoms with Crippen LogP contribution in [-0.2, 0) is 4.79 Å². The Hall–Kier alpha value is -1.85. The minimum absolute atomic E-state index is 0.00670. The minimum atomic E-state index is -1.03. The van der Waals surface area contributed by atoms with Crippen molar-refractivity contribution in [3.63, 3.8) is 0 Å². The largest absolute Gasteiger partial charge is 0.478 e. The predicted molar refractivity (Wildman–Crippen MR) is 68.9 cm³/mol. The molecule has 2 unspecified atom stereocenters. The third-order valence-corrected chi connectivity index (χ3v) is 3.69. The summed E-state index contributed by atoms with van der Waals surface area (Å²) in [5.74, 6) is -1.02. The van der Waals surface area contributed by atoms with Crippen molar-refractivity contribution in [2.75, 3.05) is 6.54 Å². The molecule has 1 aromatic rings. The van der Waals surface area contributed by atoms with E-state index in [0.29, 0.717) is 0 Å². The number of likely N-dealkylation sites (tertiary alicyclic amines) is 1. The van der Waals surface area contributed by atoms with Gasteiger partial charge < -0.3 is 10.0 Å². The Kier molecular flexibility index (Phi) is 3.87. The van der Waals surface area contributed by atoms with Crippen molar-refractivity contribution in [3.8, 4) is 0 Å². The van der Waals surface area contributed by atoms with Crippen LogP contribution in [-0.4, -0.2) is 44.3 Å². The zero-order chi connectivity index (χ0) is 14.0. The Balaban J connectivity index is 2.11. The number of rotatable bonds is 3. The molecule has 0 spiro atoms. The summed E-state index contributed by atoms with van der Waals surface area (Å²) in [5, 5.41) is 12.8. The Labute approximate surface area is 112 Å². The fourth-order valence-corrected chi connectivity index (χ4v) is 2.44. The minimum Gasteiger partial charge on any atom is -0.478 e. The zero-order valence-electron chi connectivity index (χ0n) is 11.2. The molecule has 1 amide bonds. The fraction of sp³-hybridized carbons (Fsp3) is 0.615. The van der Waals surface area contributed by atoms with Crippen LogP contribution >= 0.6 is 0 Å². The summed E-state index contributed by atoms with van der Waals surface area (Å²) in [6, 6.07) is -0.216. The SMILES string of the molecule is CC1CCCCN1C(=O)C(C)n1cc(C(=O)O)cn1. The molecule has 2 rings (SSSR count). The van der Waals surface area contributed by atoms with E-state index in [0.717, 1.165) is 25.8 Å². The highest BCUT2D eigenvalue weighted by Crippen LogP contribution is 2.20. The summed E-state index contributed by atoms with van der Waals surface area (Å²) < 4.78 is 1.42. The van der Waals surface area contributed by atoms with E-state index < -0.39 is 12.0 Å². The molecule has 1 N–H and O–H groups in total. The number of aromatic nitrogens is 2. The maximum atomic E-state index is 12.4. The summed E-state index contributed by atoms with van der Waals surface area (Å²) in [6.45, 7) is 4.58. The van der Waals surface area contributed by atoms with Crippen molar-refractivity contribution < 1.29 is 14.7 Å². The van der Waals surface area contributed by atoms with Crippen molar-refractivity contribution in [1.29, 1.82) is 0 Å². The quantitative estimate of drug-likeness (QED) is 0.899. The lowest BCUT2D eigenvalue weighted by molar-refractivity contribution is -0.137. The second-order valence-electron chi connectivity index (χ2n) is 5.07. The smallest absolute Gasteiger partial charge is 0.338 e. The van der Waals surface area contributed by atoms with Gasteiger partial charge >= 0.3 is 5.97 Å². The van der Waals surface area contributed by atoms with E-state index in [9.17, 15) is 9.59 Å². The van der Waals surface area contributed by atoms with Crippen molar-refractivity contribution in [1.82, 2.24) is 14.7 Å². The number of carbonyl (C=O) groups is 2. The lowest BCUT2D eigenvalue weighted by atomic mass is 10.0. The highest BCUT2D eigenvalue weighted by Gasteiger charge is 2.28. The molecular weight excluding hydrogens is 246 g/mol. The molecule has 1 aromatic heterocycles. The number of nitrogens with zero attached hydrogens (tertiary/aromatic N) is 3. The summed E-state index contributed by atoms with van der Waals surface area (Å²) in [4.78, 5) is 25.1. The summed E-state index contributed by atoms with van der Waals surface area (Å²) in [6.07, 6.45) is 5.88. The van der Waals surface area contributed by atoms with Gasteiger partial charge in [0.05, 0.1) is 11.8 Å². The third-order valence-electron chi connectivity index (χ3n) is 3.69. The van der Waals surface area contributed by atoms with Crippen LogP contribution < -0.4 is 0 Å². The normalized spacial score (nSPS) is 21.2. The molecule has 0 saturated carbocycles. The fourth-order valence-electron chi connectivity index (χ4n) is 2.44. The maximum Gasteiger partial charge on any atom is 0.338 e. The van der Waals surface area contributed by atoms with Gasteiger partial charge in [-0.2, -0.15) is 5.10 Å². The number of carboxylic acid groups (broad SMARTS) is 1. The van der Waals surface area contributed by atoms with Gasteiger partial charge in [0, 0.05) is 18.8 Å². The van der Waals surface area contributed by atoms with Crippen LogP contribution in [0.5, 0.6) is 0 Å². The van der Waals surface area contributed by atoms with Crippen LogP contribution in [0.4, 0.5) is 0 Å². The van der Waals surface area contributed by atoms with Gasteiger partial charge in [0.25, 0.3) is 0 Å². The number of hydrogen-bond acceptors (Lipinski definition) is 3. The molecule has 1 aliphatic heterocycles. The average Bonchev–Trinajstić information content (AvgIpc) is 2.87. The summed E-state index contributed by atoms with van der Waals surface area (Å²) in [5.41, 5.74) is 0.103. The predicted octanol–water partition coefficient (Wildman–Crippen LogP) is 1.54. The van der Waals surface area contributed by atoms with Crippen LogP contribution in [0.1, 0.15) is 49.5 Å². The van der Waals surface area contributed by atoms with Gasteiger partial charge in [-0.1, -0.05) is 0 Å². The second kappa shape index (κ2) is 5.42. The molecule has 2 heterocycles. The van der Waals surface area contributed by atoms with Gasteiger partial charge in [-0.05, 0) is 33.1 Å². The average molecular weight is 265 g/mol. The maximum absolute atomic E-state index is 12.4. The molecule has 0 aliphatic carbocycles.